The zero-order chi connectivity index (χ0) is 14.4. The van der Waals surface area contributed by atoms with E-state index >= 15 is 0 Å². The first-order valence-electron chi connectivity index (χ1n) is 6.89. The average Bonchev–Trinajstić information content (AvgIpc) is 3.01. The van der Waals surface area contributed by atoms with Gasteiger partial charge in [0, 0.05) is 6.04 Å². The van der Waals surface area contributed by atoms with Crippen LogP contribution in [-0.2, 0) is 9.47 Å². The van der Waals surface area contributed by atoms with Crippen LogP contribution in [0.25, 0.3) is 11.2 Å². The summed E-state index contributed by atoms with van der Waals surface area (Å²) in [6.45, 7) is 0.140. The van der Waals surface area contributed by atoms with Crippen molar-refractivity contribution in [2.24, 2.45) is 0 Å². The van der Waals surface area contributed by atoms with Gasteiger partial charge < -0.3 is 25.6 Å². The fraction of sp³-hybridized carbons (Fsp3) is 0.583. The third-order valence-corrected chi connectivity index (χ3v) is 3.55. The van der Waals surface area contributed by atoms with Crippen molar-refractivity contribution in [2.75, 3.05) is 24.3 Å². The molecule has 21 heavy (non-hydrogen) atoms. The van der Waals surface area contributed by atoms with Crippen molar-refractivity contribution in [1.29, 1.82) is 0 Å². The lowest BCUT2D eigenvalue weighted by Crippen LogP contribution is -2.15. The van der Waals surface area contributed by atoms with E-state index < -0.39 is 6.29 Å². The van der Waals surface area contributed by atoms with Crippen LogP contribution in [0, 0.1) is 0 Å². The van der Waals surface area contributed by atoms with Crippen LogP contribution >= 0.6 is 0 Å². The van der Waals surface area contributed by atoms with Gasteiger partial charge in [0.1, 0.15) is 0 Å². The second-order valence-corrected chi connectivity index (χ2v) is 5.21. The predicted molar refractivity (Wildman–Crippen MR) is 73.3 cm³/mol. The van der Waals surface area contributed by atoms with Crippen molar-refractivity contribution in [3.63, 3.8) is 0 Å². The molecule has 4 rings (SSSR count). The van der Waals surface area contributed by atoms with Crippen LogP contribution in [0.1, 0.15) is 19.1 Å². The Balaban J connectivity index is 1.71. The molecular weight excluding hydrogens is 276 g/mol. The van der Waals surface area contributed by atoms with Gasteiger partial charge in [-0.25, -0.2) is 4.98 Å². The van der Waals surface area contributed by atoms with Gasteiger partial charge in [-0.05, 0) is 12.8 Å². The molecule has 0 spiro atoms. The van der Waals surface area contributed by atoms with E-state index in [0.29, 0.717) is 29.6 Å². The number of ether oxygens (including phenoxy) is 2. The zero-order valence-electron chi connectivity index (χ0n) is 11.3. The van der Waals surface area contributed by atoms with Crippen LogP contribution in [0.4, 0.5) is 11.8 Å². The maximum absolute atomic E-state index is 9.06. The highest BCUT2D eigenvalue weighted by Gasteiger charge is 2.29. The topological polar surface area (TPSA) is 120 Å². The molecular formula is C12H16N6O3. The maximum Gasteiger partial charge on any atom is 0.224 e. The van der Waals surface area contributed by atoms with Gasteiger partial charge in [-0.2, -0.15) is 9.97 Å². The molecule has 2 fully saturated rings. The van der Waals surface area contributed by atoms with Gasteiger partial charge in [-0.1, -0.05) is 0 Å². The molecule has 1 aliphatic heterocycles. The molecule has 9 nitrogen and oxygen atoms in total. The fourth-order valence-corrected chi connectivity index (χ4v) is 2.35. The normalized spacial score (nSPS) is 25.6. The quantitative estimate of drug-likeness (QED) is 0.711. The highest BCUT2D eigenvalue weighted by atomic mass is 16.7. The van der Waals surface area contributed by atoms with E-state index in [1.807, 2.05) is 0 Å². The number of nitrogens with zero attached hydrogens (tertiary/aromatic N) is 4. The van der Waals surface area contributed by atoms with Crippen molar-refractivity contribution >= 4 is 22.9 Å². The molecule has 112 valence electrons. The van der Waals surface area contributed by atoms with E-state index in [9.17, 15) is 0 Å². The summed E-state index contributed by atoms with van der Waals surface area (Å²) in [5, 5.41) is 12.4. The number of hydrogen-bond acceptors (Lipinski definition) is 8. The van der Waals surface area contributed by atoms with Gasteiger partial charge in [0.25, 0.3) is 0 Å². The van der Waals surface area contributed by atoms with Gasteiger partial charge in [0.05, 0.1) is 19.5 Å². The number of nitrogen functional groups attached to an aromatic ring is 1. The van der Waals surface area contributed by atoms with Crippen LogP contribution in [0.5, 0.6) is 0 Å². The number of anilines is 2. The van der Waals surface area contributed by atoms with Crippen molar-refractivity contribution in [3.05, 3.63) is 6.33 Å². The minimum Gasteiger partial charge on any atom is -0.391 e. The molecule has 2 aromatic heterocycles. The van der Waals surface area contributed by atoms with Gasteiger partial charge >= 0.3 is 0 Å². The van der Waals surface area contributed by atoms with Gasteiger partial charge in [-0.3, -0.25) is 4.57 Å². The van der Waals surface area contributed by atoms with Crippen molar-refractivity contribution in [2.45, 2.75) is 31.4 Å². The minimum atomic E-state index is -0.615. The van der Waals surface area contributed by atoms with E-state index in [1.54, 1.807) is 10.9 Å². The summed E-state index contributed by atoms with van der Waals surface area (Å²) in [5.74, 6) is 0.835. The summed E-state index contributed by atoms with van der Waals surface area (Å²) in [5.41, 5.74) is 7.04. The standard InChI is InChI=1S/C12H16N6O3/c13-12-16-10(15-6-1-2-6)9-11(17-12)18(5-14-9)7-4-20-8(3-19)21-7/h5-8,19H,1-4H2,(H3,13,15,16,17)/t7?,8-/m0/s1. The van der Waals surface area contributed by atoms with E-state index in [2.05, 4.69) is 20.3 Å². The number of aliphatic hydroxyl groups is 1. The number of hydrogen-bond donors (Lipinski definition) is 3. The number of rotatable bonds is 4. The summed E-state index contributed by atoms with van der Waals surface area (Å²) in [6.07, 6.45) is 2.89. The number of aliphatic hydroxyl groups excluding tert-OH is 1. The molecule has 0 aromatic carbocycles. The van der Waals surface area contributed by atoms with Crippen molar-refractivity contribution in [1.82, 2.24) is 19.5 Å². The number of imidazole rings is 1. The summed E-state index contributed by atoms with van der Waals surface area (Å²) < 4.78 is 12.6. The van der Waals surface area contributed by atoms with E-state index in [0.717, 1.165) is 12.8 Å². The monoisotopic (exact) mass is 292 g/mol. The fourth-order valence-electron chi connectivity index (χ4n) is 2.35. The maximum atomic E-state index is 9.06. The van der Waals surface area contributed by atoms with Gasteiger partial charge in [-0.15, -0.1) is 0 Å². The van der Waals surface area contributed by atoms with Crippen LogP contribution in [0.2, 0.25) is 0 Å². The van der Waals surface area contributed by atoms with E-state index in [4.69, 9.17) is 20.3 Å². The lowest BCUT2D eigenvalue weighted by atomic mass is 10.4. The zero-order valence-corrected chi connectivity index (χ0v) is 11.3. The molecule has 1 saturated carbocycles. The Morgan fingerprint density at radius 3 is 3.00 bits per heavy atom. The molecule has 2 aromatic rings. The molecule has 2 atom stereocenters. The Bertz CT molecular complexity index is 670. The summed E-state index contributed by atoms with van der Waals surface area (Å²) >= 11 is 0. The first-order chi connectivity index (χ1) is 10.2. The number of aromatic nitrogens is 4. The summed E-state index contributed by atoms with van der Waals surface area (Å²) in [6, 6.07) is 0.442. The van der Waals surface area contributed by atoms with Gasteiger partial charge in [0.15, 0.2) is 29.5 Å². The van der Waals surface area contributed by atoms with E-state index in [-0.39, 0.29) is 18.8 Å². The van der Waals surface area contributed by atoms with Crippen molar-refractivity contribution in [3.8, 4) is 0 Å². The minimum absolute atomic E-state index is 0.185. The molecule has 2 aliphatic rings. The number of fused-ring (bicyclic) bond motifs is 1. The largest absolute Gasteiger partial charge is 0.391 e. The van der Waals surface area contributed by atoms with Crippen LogP contribution in [0.3, 0.4) is 0 Å². The van der Waals surface area contributed by atoms with Crippen LogP contribution in [-0.4, -0.2) is 50.2 Å². The first-order valence-corrected chi connectivity index (χ1v) is 6.89. The summed E-state index contributed by atoms with van der Waals surface area (Å²) in [7, 11) is 0. The Labute approximate surface area is 120 Å². The molecule has 1 aliphatic carbocycles. The lowest BCUT2D eigenvalue weighted by Gasteiger charge is -2.12. The molecule has 1 saturated heterocycles. The van der Waals surface area contributed by atoms with Crippen molar-refractivity contribution < 1.29 is 14.6 Å². The second kappa shape index (κ2) is 4.79. The Hall–Kier alpha value is -1.97. The Kier molecular flexibility index (Phi) is 2.91. The Morgan fingerprint density at radius 1 is 1.43 bits per heavy atom. The third-order valence-electron chi connectivity index (χ3n) is 3.55. The smallest absolute Gasteiger partial charge is 0.224 e. The second-order valence-electron chi connectivity index (χ2n) is 5.21. The molecule has 4 N–H and O–H groups in total. The Morgan fingerprint density at radius 2 is 2.29 bits per heavy atom. The SMILES string of the molecule is Nc1nc(NC2CC2)c2ncn(C3CO[C@H](CO)O3)c2n1. The van der Waals surface area contributed by atoms with E-state index in [1.165, 1.54) is 0 Å². The molecule has 0 radical (unpaired) electrons. The summed E-state index contributed by atoms with van der Waals surface area (Å²) in [4.78, 5) is 12.8. The highest BCUT2D eigenvalue weighted by molar-refractivity contribution is 5.84. The molecule has 9 heteroatoms. The molecule has 1 unspecified atom stereocenters. The number of nitrogens with one attached hydrogen (secondary N) is 1. The van der Waals surface area contributed by atoms with Gasteiger partial charge in [0.2, 0.25) is 5.95 Å². The average molecular weight is 292 g/mol. The first kappa shape index (κ1) is 12.7. The third kappa shape index (κ3) is 2.28. The molecule has 0 bridgehead atoms. The lowest BCUT2D eigenvalue weighted by molar-refractivity contribution is -0.0980. The molecule has 3 heterocycles. The van der Waals surface area contributed by atoms with Crippen LogP contribution < -0.4 is 11.1 Å². The highest BCUT2D eigenvalue weighted by Crippen LogP contribution is 2.30. The molecule has 0 amide bonds. The van der Waals surface area contributed by atoms with Crippen LogP contribution in [0.15, 0.2) is 6.33 Å². The number of nitrogens with two attached hydrogens (primary N) is 1. The predicted octanol–water partition coefficient (Wildman–Crippen LogP) is -0.153.